The summed E-state index contributed by atoms with van der Waals surface area (Å²) in [5.41, 5.74) is 9.29. The van der Waals surface area contributed by atoms with Crippen molar-refractivity contribution in [3.8, 4) is 0 Å². The van der Waals surface area contributed by atoms with Gasteiger partial charge in [0, 0.05) is 12.2 Å². The minimum atomic E-state index is -0.0729. The molecule has 0 heterocycles. The molecule has 2 rings (SSSR count). The van der Waals surface area contributed by atoms with Crippen LogP contribution in [0.1, 0.15) is 12.5 Å². The van der Waals surface area contributed by atoms with E-state index >= 15 is 0 Å². The molecule has 0 bridgehead atoms. The zero-order chi connectivity index (χ0) is 15.2. The van der Waals surface area contributed by atoms with E-state index in [9.17, 15) is 4.79 Å². The summed E-state index contributed by atoms with van der Waals surface area (Å²) in [6, 6.07) is 15.4. The fourth-order valence-corrected chi connectivity index (χ4v) is 2.18. The van der Waals surface area contributed by atoms with Crippen molar-refractivity contribution >= 4 is 23.0 Å². The standard InChI is InChI=1S/C17H21N3O/c1-3-20(14-8-6-7-13(2)11-14)12-17(21)19-16-10-5-4-9-15(16)18/h4-11H,3,12,18H2,1-2H3,(H,19,21). The lowest BCUT2D eigenvalue weighted by Crippen LogP contribution is -2.33. The molecule has 1 amide bonds. The van der Waals surface area contributed by atoms with Gasteiger partial charge in [0.15, 0.2) is 0 Å². The minimum absolute atomic E-state index is 0.0729. The Kier molecular flexibility index (Phi) is 4.82. The predicted molar refractivity (Wildman–Crippen MR) is 88.6 cm³/mol. The minimum Gasteiger partial charge on any atom is -0.397 e. The highest BCUT2D eigenvalue weighted by molar-refractivity contribution is 5.96. The third-order valence-electron chi connectivity index (χ3n) is 3.32. The molecule has 0 unspecified atom stereocenters. The van der Waals surface area contributed by atoms with E-state index < -0.39 is 0 Å². The first kappa shape index (κ1) is 14.9. The Morgan fingerprint density at radius 3 is 2.62 bits per heavy atom. The van der Waals surface area contributed by atoms with Crippen molar-refractivity contribution in [2.24, 2.45) is 0 Å². The van der Waals surface area contributed by atoms with Crippen molar-refractivity contribution in [1.29, 1.82) is 0 Å². The van der Waals surface area contributed by atoms with Crippen LogP contribution in [0.5, 0.6) is 0 Å². The van der Waals surface area contributed by atoms with Crippen molar-refractivity contribution in [3.05, 3.63) is 54.1 Å². The van der Waals surface area contributed by atoms with Crippen molar-refractivity contribution in [3.63, 3.8) is 0 Å². The van der Waals surface area contributed by atoms with Gasteiger partial charge >= 0.3 is 0 Å². The Morgan fingerprint density at radius 1 is 1.19 bits per heavy atom. The van der Waals surface area contributed by atoms with E-state index in [4.69, 9.17) is 5.73 Å². The van der Waals surface area contributed by atoms with Gasteiger partial charge in [0.1, 0.15) is 0 Å². The highest BCUT2D eigenvalue weighted by Crippen LogP contribution is 2.18. The van der Waals surface area contributed by atoms with Gasteiger partial charge in [-0.1, -0.05) is 24.3 Å². The smallest absolute Gasteiger partial charge is 0.243 e. The van der Waals surface area contributed by atoms with E-state index in [2.05, 4.69) is 11.4 Å². The van der Waals surface area contributed by atoms with Crippen molar-refractivity contribution in [1.82, 2.24) is 0 Å². The number of carbonyl (C=O) groups excluding carboxylic acids is 1. The van der Waals surface area contributed by atoms with Gasteiger partial charge in [-0.15, -0.1) is 0 Å². The van der Waals surface area contributed by atoms with Crippen molar-refractivity contribution in [2.45, 2.75) is 13.8 Å². The number of aryl methyl sites for hydroxylation is 1. The number of para-hydroxylation sites is 2. The second-order valence-corrected chi connectivity index (χ2v) is 4.99. The fraction of sp³-hybridized carbons (Fsp3) is 0.235. The maximum Gasteiger partial charge on any atom is 0.243 e. The van der Waals surface area contributed by atoms with Crippen molar-refractivity contribution in [2.75, 3.05) is 29.0 Å². The third-order valence-corrected chi connectivity index (χ3v) is 3.32. The van der Waals surface area contributed by atoms with Crippen LogP contribution in [-0.4, -0.2) is 19.0 Å². The Morgan fingerprint density at radius 2 is 1.95 bits per heavy atom. The van der Waals surface area contributed by atoms with E-state index in [1.54, 1.807) is 12.1 Å². The molecule has 0 aromatic heterocycles. The third kappa shape index (κ3) is 3.99. The molecule has 4 heteroatoms. The molecule has 2 aromatic carbocycles. The zero-order valence-electron chi connectivity index (χ0n) is 12.5. The number of nitrogen functional groups attached to an aromatic ring is 1. The summed E-state index contributed by atoms with van der Waals surface area (Å²) in [5, 5.41) is 2.85. The first-order chi connectivity index (χ1) is 10.1. The van der Waals surface area contributed by atoms with Gasteiger partial charge in [0.2, 0.25) is 5.91 Å². The molecule has 2 aromatic rings. The molecular formula is C17H21N3O. The van der Waals surface area contributed by atoms with Crippen LogP contribution in [0, 0.1) is 6.92 Å². The molecule has 0 saturated heterocycles. The van der Waals surface area contributed by atoms with Gasteiger partial charge < -0.3 is 16.0 Å². The number of benzene rings is 2. The molecule has 0 aliphatic carbocycles. The predicted octanol–water partition coefficient (Wildman–Crippen LogP) is 3.04. The first-order valence-electron chi connectivity index (χ1n) is 7.06. The molecule has 0 saturated carbocycles. The highest BCUT2D eigenvalue weighted by Gasteiger charge is 2.11. The van der Waals surface area contributed by atoms with Gasteiger partial charge in [-0.2, -0.15) is 0 Å². The lowest BCUT2D eigenvalue weighted by Gasteiger charge is -2.23. The lowest BCUT2D eigenvalue weighted by atomic mass is 10.2. The Hall–Kier alpha value is -2.49. The summed E-state index contributed by atoms with van der Waals surface area (Å²) in [7, 11) is 0. The first-order valence-corrected chi connectivity index (χ1v) is 7.06. The number of nitrogens with zero attached hydrogens (tertiary/aromatic N) is 1. The molecule has 0 spiro atoms. The largest absolute Gasteiger partial charge is 0.397 e. The van der Waals surface area contributed by atoms with E-state index in [-0.39, 0.29) is 5.91 Å². The molecule has 0 fully saturated rings. The van der Waals surface area contributed by atoms with Gasteiger partial charge in [0.05, 0.1) is 17.9 Å². The fourth-order valence-electron chi connectivity index (χ4n) is 2.18. The SMILES string of the molecule is CCN(CC(=O)Nc1ccccc1N)c1cccc(C)c1. The molecule has 0 aliphatic rings. The lowest BCUT2D eigenvalue weighted by molar-refractivity contribution is -0.115. The maximum absolute atomic E-state index is 12.2. The molecule has 4 nitrogen and oxygen atoms in total. The monoisotopic (exact) mass is 283 g/mol. The van der Waals surface area contributed by atoms with Crippen LogP contribution in [-0.2, 0) is 4.79 Å². The van der Waals surface area contributed by atoms with E-state index in [0.717, 1.165) is 12.2 Å². The number of amides is 1. The molecule has 0 atom stereocenters. The average molecular weight is 283 g/mol. The van der Waals surface area contributed by atoms with Crippen LogP contribution >= 0.6 is 0 Å². The topological polar surface area (TPSA) is 58.4 Å². The summed E-state index contributed by atoms with van der Waals surface area (Å²) in [5.74, 6) is -0.0729. The van der Waals surface area contributed by atoms with E-state index in [0.29, 0.717) is 17.9 Å². The average Bonchev–Trinajstić information content (AvgIpc) is 2.47. The van der Waals surface area contributed by atoms with Crippen LogP contribution in [0.3, 0.4) is 0 Å². The van der Waals surface area contributed by atoms with Crippen LogP contribution in [0.2, 0.25) is 0 Å². The van der Waals surface area contributed by atoms with Crippen LogP contribution in [0.4, 0.5) is 17.1 Å². The molecule has 21 heavy (non-hydrogen) atoms. The number of hydrogen-bond acceptors (Lipinski definition) is 3. The zero-order valence-corrected chi connectivity index (χ0v) is 12.5. The summed E-state index contributed by atoms with van der Waals surface area (Å²) < 4.78 is 0. The van der Waals surface area contributed by atoms with Crippen LogP contribution in [0.25, 0.3) is 0 Å². The number of hydrogen-bond donors (Lipinski definition) is 2. The number of likely N-dealkylation sites (N-methyl/N-ethyl adjacent to an activating group) is 1. The summed E-state index contributed by atoms with van der Waals surface area (Å²) in [6.07, 6.45) is 0. The second-order valence-electron chi connectivity index (χ2n) is 4.99. The van der Waals surface area contributed by atoms with Gasteiger partial charge in [-0.25, -0.2) is 0 Å². The van der Waals surface area contributed by atoms with Crippen molar-refractivity contribution < 1.29 is 4.79 Å². The number of rotatable bonds is 5. The Labute approximate surface area is 125 Å². The quantitative estimate of drug-likeness (QED) is 0.829. The Bertz CT molecular complexity index is 625. The summed E-state index contributed by atoms with van der Waals surface area (Å²) in [4.78, 5) is 14.2. The molecule has 110 valence electrons. The maximum atomic E-state index is 12.2. The number of nitrogens with two attached hydrogens (primary N) is 1. The van der Waals surface area contributed by atoms with E-state index in [1.165, 1.54) is 5.56 Å². The van der Waals surface area contributed by atoms with Crippen LogP contribution < -0.4 is 16.0 Å². The Balaban J connectivity index is 2.05. The normalized spacial score (nSPS) is 10.2. The second kappa shape index (κ2) is 6.79. The van der Waals surface area contributed by atoms with Crippen LogP contribution in [0.15, 0.2) is 48.5 Å². The number of anilines is 3. The molecule has 0 radical (unpaired) electrons. The number of nitrogens with one attached hydrogen (secondary N) is 1. The number of carbonyl (C=O) groups is 1. The molecule has 3 N–H and O–H groups in total. The summed E-state index contributed by atoms with van der Waals surface area (Å²) >= 11 is 0. The summed E-state index contributed by atoms with van der Waals surface area (Å²) in [6.45, 7) is 5.14. The molecule has 0 aliphatic heterocycles. The van der Waals surface area contributed by atoms with Gasteiger partial charge in [-0.3, -0.25) is 4.79 Å². The highest BCUT2D eigenvalue weighted by atomic mass is 16.2. The van der Waals surface area contributed by atoms with E-state index in [1.807, 2.05) is 49.1 Å². The van der Waals surface area contributed by atoms with Gasteiger partial charge in [0.25, 0.3) is 0 Å². The molecular weight excluding hydrogens is 262 g/mol. The van der Waals surface area contributed by atoms with Gasteiger partial charge in [-0.05, 0) is 43.7 Å².